The third-order valence-electron chi connectivity index (χ3n) is 5.83. The van der Waals surface area contributed by atoms with E-state index in [9.17, 15) is 14.5 Å². The first kappa shape index (κ1) is 23.8. The first-order chi connectivity index (χ1) is 13.5. The predicted molar refractivity (Wildman–Crippen MR) is 111 cm³/mol. The van der Waals surface area contributed by atoms with Gasteiger partial charge in [0.2, 0.25) is 0 Å². The Kier molecular flexibility index (Phi) is 7.80. The van der Waals surface area contributed by atoms with Gasteiger partial charge in [0.05, 0.1) is 24.2 Å². The number of hydrogen-bond acceptors (Lipinski definition) is 6. The van der Waals surface area contributed by atoms with Gasteiger partial charge in [-0.1, -0.05) is 27.7 Å². The molecule has 0 saturated carbocycles. The maximum Gasteiger partial charge on any atom is 0.353 e. The van der Waals surface area contributed by atoms with Crippen LogP contribution in [0.25, 0.3) is 0 Å². The van der Waals surface area contributed by atoms with Crippen LogP contribution in [0.5, 0.6) is 5.88 Å². The molecule has 2 atom stereocenters. The Morgan fingerprint density at radius 3 is 2.62 bits per heavy atom. The van der Waals surface area contributed by atoms with Crippen LogP contribution in [-0.2, 0) is 15.6 Å². The molecular formula is C19H34FN3O5Si. The molecule has 0 amide bonds. The third kappa shape index (κ3) is 5.55. The van der Waals surface area contributed by atoms with E-state index in [0.29, 0.717) is 38.2 Å². The van der Waals surface area contributed by atoms with Gasteiger partial charge >= 0.3 is 11.6 Å². The summed E-state index contributed by atoms with van der Waals surface area (Å²) in [6.07, 6.45) is 0.137. The molecule has 0 aliphatic carbocycles. The zero-order valence-electron chi connectivity index (χ0n) is 18.4. The minimum atomic E-state index is -1.84. The average molecular weight is 432 g/mol. The van der Waals surface area contributed by atoms with Crippen LogP contribution in [0.3, 0.4) is 0 Å². The van der Waals surface area contributed by atoms with Crippen LogP contribution in [-0.4, -0.2) is 55.6 Å². The lowest BCUT2D eigenvalue weighted by Gasteiger charge is -2.36. The van der Waals surface area contributed by atoms with Gasteiger partial charge in [-0.3, -0.25) is 14.8 Å². The molecule has 1 aromatic heterocycles. The number of hydrogen-bond donors (Lipinski definition) is 0. The Hall–Kier alpha value is -1.52. The van der Waals surface area contributed by atoms with Gasteiger partial charge < -0.3 is 13.9 Å². The molecule has 1 fully saturated rings. The maximum atomic E-state index is 14.3. The fourth-order valence-electron chi connectivity index (χ4n) is 3.06. The van der Waals surface area contributed by atoms with Gasteiger partial charge in [0, 0.05) is 19.6 Å². The summed E-state index contributed by atoms with van der Waals surface area (Å²) < 4.78 is 32.7. The molecule has 2 rings (SSSR count). The number of alkyl halides is 1. The SMILES string of the molecule is CCc1c([N+](=O)[O-])c(OCCCO[Si](C)(C)C(C)(C)C)nn1C1CCOCC1F. The van der Waals surface area contributed by atoms with Crippen molar-refractivity contribution in [3.63, 3.8) is 0 Å². The van der Waals surface area contributed by atoms with E-state index < -0.39 is 25.5 Å². The molecule has 8 nitrogen and oxygen atoms in total. The van der Waals surface area contributed by atoms with Crippen LogP contribution in [0.4, 0.5) is 10.1 Å². The summed E-state index contributed by atoms with van der Waals surface area (Å²) in [5.41, 5.74) is 0.216. The Morgan fingerprint density at radius 1 is 1.38 bits per heavy atom. The van der Waals surface area contributed by atoms with Crippen molar-refractivity contribution in [2.24, 2.45) is 0 Å². The lowest BCUT2D eigenvalue weighted by molar-refractivity contribution is -0.386. The van der Waals surface area contributed by atoms with Gasteiger partial charge in [-0.2, -0.15) is 0 Å². The predicted octanol–water partition coefficient (Wildman–Crippen LogP) is 4.44. The summed E-state index contributed by atoms with van der Waals surface area (Å²) in [5.74, 6) is -0.0436. The standard InChI is InChI=1S/C19H34FN3O5Si/c1-7-15-17(23(24)25)18(21-22(15)16-9-12-26-13-14(16)20)27-10-8-11-28-29(5,6)19(2,3)4/h14,16H,7-13H2,1-6H3. The van der Waals surface area contributed by atoms with E-state index in [1.807, 2.05) is 0 Å². The van der Waals surface area contributed by atoms with E-state index >= 15 is 0 Å². The minimum Gasteiger partial charge on any atom is -0.472 e. The molecule has 2 unspecified atom stereocenters. The Bertz CT molecular complexity index is 705. The van der Waals surface area contributed by atoms with E-state index in [-0.39, 0.29) is 29.8 Å². The van der Waals surface area contributed by atoms with E-state index in [4.69, 9.17) is 13.9 Å². The number of rotatable bonds is 9. The molecule has 0 spiro atoms. The average Bonchev–Trinajstić information content (AvgIpc) is 2.99. The highest BCUT2D eigenvalue weighted by molar-refractivity contribution is 6.74. The molecule has 0 N–H and O–H groups in total. The summed E-state index contributed by atoms with van der Waals surface area (Å²) in [6.45, 7) is 13.8. The van der Waals surface area contributed by atoms with Crippen molar-refractivity contribution in [2.75, 3.05) is 26.4 Å². The Morgan fingerprint density at radius 2 is 2.07 bits per heavy atom. The van der Waals surface area contributed by atoms with Gasteiger partial charge in [-0.25, -0.2) is 4.39 Å². The first-order valence-corrected chi connectivity index (χ1v) is 13.1. The van der Waals surface area contributed by atoms with Crippen molar-refractivity contribution in [1.82, 2.24) is 9.78 Å². The molecule has 166 valence electrons. The summed E-state index contributed by atoms with van der Waals surface area (Å²) in [5, 5.41) is 16.1. The van der Waals surface area contributed by atoms with Gasteiger partial charge in [0.1, 0.15) is 11.9 Å². The summed E-state index contributed by atoms with van der Waals surface area (Å²) in [6, 6.07) is -0.573. The highest BCUT2D eigenvalue weighted by atomic mass is 28.4. The topological polar surface area (TPSA) is 88.7 Å². The lowest BCUT2D eigenvalue weighted by atomic mass is 10.1. The third-order valence-corrected chi connectivity index (χ3v) is 10.4. The summed E-state index contributed by atoms with van der Waals surface area (Å²) >= 11 is 0. The lowest BCUT2D eigenvalue weighted by Crippen LogP contribution is -2.41. The molecule has 1 saturated heterocycles. The molecule has 29 heavy (non-hydrogen) atoms. The number of nitrogens with zero attached hydrogens (tertiary/aromatic N) is 3. The Labute approximate surface area is 173 Å². The van der Waals surface area contributed by atoms with E-state index in [2.05, 4.69) is 39.0 Å². The largest absolute Gasteiger partial charge is 0.472 e. The molecule has 1 aliphatic heterocycles. The quantitative estimate of drug-likeness (QED) is 0.248. The molecule has 1 aromatic rings. The smallest absolute Gasteiger partial charge is 0.353 e. The second-order valence-corrected chi connectivity index (χ2v) is 13.7. The number of aromatic nitrogens is 2. The fraction of sp³-hybridized carbons (Fsp3) is 0.842. The van der Waals surface area contributed by atoms with Gasteiger partial charge in [-0.15, -0.1) is 5.10 Å². The van der Waals surface area contributed by atoms with Crippen molar-refractivity contribution < 1.29 is 23.2 Å². The van der Waals surface area contributed by atoms with Gasteiger partial charge in [-0.05, 0) is 31.0 Å². The van der Waals surface area contributed by atoms with Crippen LogP contribution in [0.2, 0.25) is 18.1 Å². The maximum absolute atomic E-state index is 14.3. The molecule has 0 aromatic carbocycles. The molecule has 0 radical (unpaired) electrons. The second kappa shape index (κ2) is 9.52. The Balaban J connectivity index is 2.07. The minimum absolute atomic E-state index is 0.0253. The van der Waals surface area contributed by atoms with Crippen LogP contribution in [0, 0.1) is 10.1 Å². The van der Waals surface area contributed by atoms with Crippen molar-refractivity contribution in [2.45, 2.75) is 77.3 Å². The summed E-state index contributed by atoms with van der Waals surface area (Å²) in [7, 11) is -1.84. The molecule has 10 heteroatoms. The van der Waals surface area contributed by atoms with Gasteiger partial charge in [0.15, 0.2) is 8.32 Å². The molecular weight excluding hydrogens is 397 g/mol. The van der Waals surface area contributed by atoms with Crippen molar-refractivity contribution in [3.8, 4) is 5.88 Å². The zero-order valence-corrected chi connectivity index (χ0v) is 19.4. The van der Waals surface area contributed by atoms with Crippen molar-refractivity contribution in [3.05, 3.63) is 15.8 Å². The molecule has 1 aliphatic rings. The van der Waals surface area contributed by atoms with E-state index in [0.717, 1.165) is 0 Å². The second-order valence-electron chi connectivity index (χ2n) is 8.91. The molecule has 0 bridgehead atoms. The zero-order chi connectivity index (χ0) is 21.8. The molecule has 2 heterocycles. The number of ether oxygens (including phenoxy) is 2. The van der Waals surface area contributed by atoms with Crippen LogP contribution in [0.1, 0.15) is 52.3 Å². The van der Waals surface area contributed by atoms with Gasteiger partial charge in [0.25, 0.3) is 0 Å². The van der Waals surface area contributed by atoms with Crippen molar-refractivity contribution in [1.29, 1.82) is 0 Å². The summed E-state index contributed by atoms with van der Waals surface area (Å²) in [4.78, 5) is 11.2. The van der Waals surface area contributed by atoms with E-state index in [1.54, 1.807) is 6.92 Å². The van der Waals surface area contributed by atoms with E-state index in [1.165, 1.54) is 4.68 Å². The monoisotopic (exact) mass is 431 g/mol. The number of nitro groups is 1. The highest BCUT2D eigenvalue weighted by Gasteiger charge is 2.37. The fourth-order valence-corrected chi connectivity index (χ4v) is 4.15. The highest BCUT2D eigenvalue weighted by Crippen LogP contribution is 2.37. The normalized spacial score (nSPS) is 20.7. The van der Waals surface area contributed by atoms with Crippen LogP contribution < -0.4 is 4.74 Å². The number of halogens is 1. The van der Waals surface area contributed by atoms with Crippen LogP contribution >= 0.6 is 0 Å². The first-order valence-electron chi connectivity index (χ1n) is 10.2. The van der Waals surface area contributed by atoms with Crippen LogP contribution in [0.15, 0.2) is 0 Å². The van der Waals surface area contributed by atoms with Crippen molar-refractivity contribution >= 4 is 14.0 Å².